The topological polar surface area (TPSA) is 78.9 Å². The summed E-state index contributed by atoms with van der Waals surface area (Å²) in [7, 11) is 2.18. The highest BCUT2D eigenvalue weighted by molar-refractivity contribution is 5.98. The third-order valence-electron chi connectivity index (χ3n) is 8.07. The third kappa shape index (κ3) is 6.54. The van der Waals surface area contributed by atoms with E-state index in [0.717, 1.165) is 72.2 Å². The quantitative estimate of drug-likeness (QED) is 0.202. The van der Waals surface area contributed by atoms with Crippen LogP contribution in [0.1, 0.15) is 49.6 Å². The van der Waals surface area contributed by atoms with Gasteiger partial charge in [-0.15, -0.1) is 0 Å². The summed E-state index contributed by atoms with van der Waals surface area (Å²) >= 11 is 0. The highest BCUT2D eigenvalue weighted by Crippen LogP contribution is 2.22. The lowest BCUT2D eigenvalue weighted by Crippen LogP contribution is -2.43. The fraction of sp³-hybridized carbons (Fsp3) is 0.286. The second-order valence-electron chi connectivity index (χ2n) is 11.4. The van der Waals surface area contributed by atoms with E-state index in [-0.39, 0.29) is 5.78 Å². The molecule has 0 radical (unpaired) electrons. The number of rotatable bonds is 7. The number of carbonyl (C=O) groups excluding carboxylic acids is 1. The highest BCUT2D eigenvalue weighted by atomic mass is 16.5. The van der Waals surface area contributed by atoms with Gasteiger partial charge in [-0.25, -0.2) is 4.98 Å². The summed E-state index contributed by atoms with van der Waals surface area (Å²) in [5, 5.41) is 7.26. The molecular formula is C35H36N6O2. The fourth-order valence-corrected chi connectivity index (χ4v) is 5.41. The smallest absolute Gasteiger partial charge is 0.174 e. The van der Waals surface area contributed by atoms with Crippen LogP contribution >= 0.6 is 0 Å². The molecule has 1 N–H and O–H groups in total. The average Bonchev–Trinajstić information content (AvgIpc) is 3.61. The van der Waals surface area contributed by atoms with Gasteiger partial charge in [0.1, 0.15) is 11.5 Å². The maximum atomic E-state index is 13.3. The van der Waals surface area contributed by atoms with E-state index in [1.54, 1.807) is 6.20 Å². The number of likely N-dealkylation sites (N-methyl/N-ethyl adjacent to an activating group) is 1. The van der Waals surface area contributed by atoms with Gasteiger partial charge in [-0.2, -0.15) is 0 Å². The first kappa shape index (κ1) is 28.4. The Labute approximate surface area is 252 Å². The van der Waals surface area contributed by atoms with E-state index >= 15 is 0 Å². The number of Topliss-reactive ketones (excluding diaryl/α,β-unsaturated/α-hetero) is 1. The molecule has 5 aromatic rings. The third-order valence-corrected chi connectivity index (χ3v) is 8.07. The SMILES string of the molecule is Cc1cc(Nc2cccn3c(C#Cc4cc(C(=O)Cc5ccc(CN6CCN(C)CC6)c(C)c5)ccc4C)cnc23)no1. The van der Waals surface area contributed by atoms with E-state index in [1.165, 1.54) is 11.1 Å². The molecule has 0 amide bonds. The van der Waals surface area contributed by atoms with Crippen LogP contribution in [0.15, 0.2) is 71.5 Å². The molecule has 0 bridgehead atoms. The zero-order valence-electron chi connectivity index (χ0n) is 25.1. The number of piperazine rings is 1. The zero-order valence-corrected chi connectivity index (χ0v) is 25.1. The Kier molecular flexibility index (Phi) is 8.10. The number of fused-ring (bicyclic) bond motifs is 1. The van der Waals surface area contributed by atoms with Crippen LogP contribution in [0.25, 0.3) is 5.65 Å². The molecule has 6 rings (SSSR count). The Balaban J connectivity index is 1.16. The standard InChI is InChI=1S/C35H36N6O2/c1-24-7-9-29(33(42)20-27-8-10-30(25(2)18-27)23-40-16-14-39(4)15-17-40)21-28(24)11-12-31-22-36-35-32(6-5-13-41(31)35)37-34-19-26(3)43-38-34/h5-10,13,18-19,21-22H,14-17,20,23H2,1-4H3,(H,37,38). The molecule has 3 aromatic heterocycles. The van der Waals surface area contributed by atoms with Gasteiger partial charge in [0, 0.05) is 62.5 Å². The van der Waals surface area contributed by atoms with E-state index in [4.69, 9.17) is 4.52 Å². The Morgan fingerprint density at radius 2 is 1.81 bits per heavy atom. The second-order valence-corrected chi connectivity index (χ2v) is 11.4. The van der Waals surface area contributed by atoms with Crippen molar-refractivity contribution in [2.45, 2.75) is 33.7 Å². The fourth-order valence-electron chi connectivity index (χ4n) is 5.41. The number of aryl methyl sites for hydroxylation is 3. The number of benzene rings is 2. The van der Waals surface area contributed by atoms with Gasteiger partial charge in [-0.1, -0.05) is 41.4 Å². The second kappa shape index (κ2) is 12.3. The summed E-state index contributed by atoms with van der Waals surface area (Å²) in [5.74, 6) is 7.97. The number of nitrogens with one attached hydrogen (secondary N) is 1. The first-order chi connectivity index (χ1) is 20.8. The van der Waals surface area contributed by atoms with Gasteiger partial charge < -0.3 is 14.7 Å². The van der Waals surface area contributed by atoms with Crippen molar-refractivity contribution in [3.05, 3.63) is 112 Å². The van der Waals surface area contributed by atoms with Crippen LogP contribution in [0.5, 0.6) is 0 Å². The average molecular weight is 573 g/mol. The number of nitrogens with zero attached hydrogens (tertiary/aromatic N) is 5. The van der Waals surface area contributed by atoms with Crippen molar-refractivity contribution in [2.24, 2.45) is 0 Å². The van der Waals surface area contributed by atoms with Crippen LogP contribution in [0.2, 0.25) is 0 Å². The van der Waals surface area contributed by atoms with E-state index in [9.17, 15) is 4.79 Å². The minimum Gasteiger partial charge on any atom is -0.360 e. The van der Waals surface area contributed by atoms with Gasteiger partial charge in [0.15, 0.2) is 17.2 Å². The summed E-state index contributed by atoms with van der Waals surface area (Å²) in [6, 6.07) is 17.9. The Hall–Kier alpha value is -4.71. The molecule has 1 aliphatic rings. The predicted octanol–water partition coefficient (Wildman–Crippen LogP) is 5.56. The first-order valence-electron chi connectivity index (χ1n) is 14.6. The number of pyridine rings is 1. The van der Waals surface area contributed by atoms with Crippen LogP contribution in [0.4, 0.5) is 11.5 Å². The summed E-state index contributed by atoms with van der Waals surface area (Å²) in [6.07, 6.45) is 4.04. The summed E-state index contributed by atoms with van der Waals surface area (Å²) in [4.78, 5) is 22.8. The number of carbonyl (C=O) groups is 1. The number of hydrogen-bond donors (Lipinski definition) is 1. The normalized spacial score (nSPS) is 14.0. The van der Waals surface area contributed by atoms with Crippen molar-refractivity contribution >= 4 is 22.9 Å². The van der Waals surface area contributed by atoms with Crippen molar-refractivity contribution in [2.75, 3.05) is 38.5 Å². The van der Waals surface area contributed by atoms with Crippen LogP contribution in [-0.4, -0.2) is 63.4 Å². The lowest BCUT2D eigenvalue weighted by Gasteiger charge is -2.32. The molecule has 1 saturated heterocycles. The molecule has 8 nitrogen and oxygen atoms in total. The molecule has 0 atom stereocenters. The molecule has 1 fully saturated rings. The summed E-state index contributed by atoms with van der Waals surface area (Å²) < 4.78 is 7.09. The minimum atomic E-state index is 0.0860. The molecule has 0 aliphatic carbocycles. The monoisotopic (exact) mass is 572 g/mol. The van der Waals surface area contributed by atoms with Gasteiger partial charge in [-0.05, 0) is 74.2 Å². The van der Waals surface area contributed by atoms with Gasteiger partial charge in [-0.3, -0.25) is 14.1 Å². The molecule has 0 saturated carbocycles. The Morgan fingerprint density at radius 1 is 0.977 bits per heavy atom. The molecule has 0 unspecified atom stereocenters. The van der Waals surface area contributed by atoms with Crippen LogP contribution in [-0.2, 0) is 13.0 Å². The minimum absolute atomic E-state index is 0.0860. The predicted molar refractivity (Wildman–Crippen MR) is 169 cm³/mol. The number of hydrogen-bond acceptors (Lipinski definition) is 7. The van der Waals surface area contributed by atoms with Crippen molar-refractivity contribution in [1.29, 1.82) is 0 Å². The number of imidazole rings is 1. The van der Waals surface area contributed by atoms with Gasteiger partial charge in [0.25, 0.3) is 0 Å². The highest BCUT2D eigenvalue weighted by Gasteiger charge is 2.16. The largest absolute Gasteiger partial charge is 0.360 e. The molecular weight excluding hydrogens is 536 g/mol. The molecule has 8 heteroatoms. The van der Waals surface area contributed by atoms with E-state index in [1.807, 2.05) is 60.8 Å². The first-order valence-corrected chi connectivity index (χ1v) is 14.6. The number of anilines is 2. The molecule has 2 aromatic carbocycles. The van der Waals surface area contributed by atoms with Crippen molar-refractivity contribution in [3.8, 4) is 11.8 Å². The van der Waals surface area contributed by atoms with Gasteiger partial charge in [0.05, 0.1) is 11.9 Å². The van der Waals surface area contributed by atoms with E-state index in [2.05, 4.69) is 69.3 Å². The molecule has 43 heavy (non-hydrogen) atoms. The van der Waals surface area contributed by atoms with Crippen molar-refractivity contribution in [3.63, 3.8) is 0 Å². The van der Waals surface area contributed by atoms with E-state index < -0.39 is 0 Å². The molecule has 4 heterocycles. The van der Waals surface area contributed by atoms with Crippen LogP contribution in [0.3, 0.4) is 0 Å². The number of aromatic nitrogens is 3. The van der Waals surface area contributed by atoms with Crippen molar-refractivity contribution < 1.29 is 9.32 Å². The zero-order chi connectivity index (χ0) is 29.9. The van der Waals surface area contributed by atoms with Gasteiger partial charge in [0.2, 0.25) is 0 Å². The Bertz CT molecular complexity index is 1850. The van der Waals surface area contributed by atoms with Gasteiger partial charge >= 0.3 is 0 Å². The molecule has 0 spiro atoms. The maximum absolute atomic E-state index is 13.3. The summed E-state index contributed by atoms with van der Waals surface area (Å²) in [5.41, 5.74) is 8.40. The maximum Gasteiger partial charge on any atom is 0.174 e. The van der Waals surface area contributed by atoms with Crippen LogP contribution in [0, 0.1) is 32.6 Å². The van der Waals surface area contributed by atoms with E-state index in [0.29, 0.717) is 17.8 Å². The number of ketones is 1. The lowest BCUT2D eigenvalue weighted by molar-refractivity contribution is 0.0993. The Morgan fingerprint density at radius 3 is 2.58 bits per heavy atom. The lowest BCUT2D eigenvalue weighted by atomic mass is 9.96. The molecule has 218 valence electrons. The molecule has 1 aliphatic heterocycles. The van der Waals surface area contributed by atoms with Crippen LogP contribution < -0.4 is 5.32 Å². The van der Waals surface area contributed by atoms with Crippen molar-refractivity contribution in [1.82, 2.24) is 24.3 Å². The summed E-state index contributed by atoms with van der Waals surface area (Å²) in [6.45, 7) is 11.4.